The van der Waals surface area contributed by atoms with Crippen molar-refractivity contribution in [1.82, 2.24) is 20.1 Å². The van der Waals surface area contributed by atoms with Crippen LogP contribution in [0.4, 0.5) is 0 Å². The van der Waals surface area contributed by atoms with Crippen molar-refractivity contribution in [2.45, 2.75) is 68.4 Å². The summed E-state index contributed by atoms with van der Waals surface area (Å²) in [6.45, 7) is 7.12. The summed E-state index contributed by atoms with van der Waals surface area (Å²) in [4.78, 5) is 12.7. The van der Waals surface area contributed by atoms with Gasteiger partial charge in [-0.1, -0.05) is 43.2 Å². The molecule has 2 heterocycles. The molecule has 4 rings (SSSR count). The molecule has 1 atom stereocenters. The zero-order chi connectivity index (χ0) is 20.9. The van der Waals surface area contributed by atoms with Gasteiger partial charge in [-0.05, 0) is 37.5 Å². The van der Waals surface area contributed by atoms with Crippen LogP contribution in [0.3, 0.4) is 0 Å². The van der Waals surface area contributed by atoms with Crippen molar-refractivity contribution in [2.24, 2.45) is 0 Å². The highest BCUT2D eigenvalue weighted by Gasteiger charge is 2.25. The van der Waals surface area contributed by atoms with E-state index in [1.54, 1.807) is 0 Å². The predicted molar refractivity (Wildman–Crippen MR) is 116 cm³/mol. The Morgan fingerprint density at radius 3 is 2.90 bits per heavy atom. The number of thioether (sulfide) groups is 1. The Morgan fingerprint density at radius 1 is 1.30 bits per heavy atom. The summed E-state index contributed by atoms with van der Waals surface area (Å²) in [5.74, 6) is 2.91. The third-order valence-electron chi connectivity index (χ3n) is 5.58. The van der Waals surface area contributed by atoms with Crippen LogP contribution in [0.1, 0.15) is 56.3 Å². The average Bonchev–Trinajstić information content (AvgIpc) is 3.39. The van der Waals surface area contributed by atoms with Crippen molar-refractivity contribution in [3.05, 3.63) is 42.2 Å². The van der Waals surface area contributed by atoms with E-state index in [1.165, 1.54) is 31.0 Å². The summed E-state index contributed by atoms with van der Waals surface area (Å²) >= 11 is 1.44. The minimum atomic E-state index is -0.286. The number of amides is 1. The van der Waals surface area contributed by atoms with E-state index in [-0.39, 0.29) is 18.0 Å². The molecule has 2 aromatic rings. The number of hydrogen-bond donors (Lipinski definition) is 1. The van der Waals surface area contributed by atoms with Crippen LogP contribution < -0.4 is 14.8 Å². The fourth-order valence-corrected chi connectivity index (χ4v) is 4.84. The topological polar surface area (TPSA) is 78.3 Å². The van der Waals surface area contributed by atoms with Gasteiger partial charge >= 0.3 is 0 Å². The number of rotatable bonds is 8. The van der Waals surface area contributed by atoms with Crippen molar-refractivity contribution in [3.63, 3.8) is 0 Å². The van der Waals surface area contributed by atoms with Gasteiger partial charge in [0.2, 0.25) is 12.7 Å². The molecule has 0 bridgehead atoms. The van der Waals surface area contributed by atoms with E-state index >= 15 is 0 Å². The Kier molecular flexibility index (Phi) is 6.62. The monoisotopic (exact) mass is 428 g/mol. The summed E-state index contributed by atoms with van der Waals surface area (Å²) in [6, 6.07) is 5.70. The largest absolute Gasteiger partial charge is 0.454 e. The molecule has 1 aliphatic carbocycles. The van der Waals surface area contributed by atoms with Crippen molar-refractivity contribution in [2.75, 3.05) is 6.79 Å². The number of allylic oxidation sites excluding steroid dienone is 1. The first kappa shape index (κ1) is 20.8. The van der Waals surface area contributed by atoms with E-state index in [9.17, 15) is 4.79 Å². The molecule has 1 saturated carbocycles. The first-order valence-electron chi connectivity index (χ1n) is 10.5. The molecule has 2 aliphatic rings. The van der Waals surface area contributed by atoms with E-state index < -0.39 is 0 Å². The quantitative estimate of drug-likeness (QED) is 0.505. The molecule has 0 radical (unpaired) electrons. The number of carbonyl (C=O) groups is 1. The lowest BCUT2D eigenvalue weighted by molar-refractivity contribution is -0.120. The van der Waals surface area contributed by atoms with Gasteiger partial charge in [0.25, 0.3) is 0 Å². The number of nitrogens with zero attached hydrogens (tertiary/aromatic N) is 3. The van der Waals surface area contributed by atoms with E-state index in [0.29, 0.717) is 19.0 Å². The molecule has 0 spiro atoms. The van der Waals surface area contributed by atoms with Crippen LogP contribution in [0.25, 0.3) is 0 Å². The summed E-state index contributed by atoms with van der Waals surface area (Å²) in [7, 11) is 0. The number of fused-ring (bicyclic) bond motifs is 1. The van der Waals surface area contributed by atoms with Crippen molar-refractivity contribution < 1.29 is 14.3 Å². The van der Waals surface area contributed by atoms with E-state index in [0.717, 1.165) is 40.9 Å². The molecule has 7 nitrogen and oxygen atoms in total. The Bertz CT molecular complexity index is 908. The summed E-state index contributed by atoms with van der Waals surface area (Å²) in [6.07, 6.45) is 7.97. The van der Waals surface area contributed by atoms with Gasteiger partial charge in [-0.2, -0.15) is 0 Å². The fourth-order valence-electron chi connectivity index (χ4n) is 3.95. The minimum Gasteiger partial charge on any atom is -0.454 e. The second-order valence-electron chi connectivity index (χ2n) is 7.74. The maximum absolute atomic E-state index is 12.7. The van der Waals surface area contributed by atoms with Gasteiger partial charge < -0.3 is 19.4 Å². The smallest absolute Gasteiger partial charge is 0.233 e. The molecule has 0 saturated heterocycles. The lowest BCUT2D eigenvalue weighted by Crippen LogP contribution is -2.30. The Labute approximate surface area is 181 Å². The minimum absolute atomic E-state index is 0.0370. The van der Waals surface area contributed by atoms with Crippen molar-refractivity contribution in [1.29, 1.82) is 0 Å². The normalized spacial score (nSPS) is 17.0. The maximum atomic E-state index is 12.7. The second kappa shape index (κ2) is 9.55. The van der Waals surface area contributed by atoms with Gasteiger partial charge in [-0.3, -0.25) is 4.79 Å². The molecule has 30 heavy (non-hydrogen) atoms. The van der Waals surface area contributed by atoms with E-state index in [1.807, 2.05) is 31.2 Å². The van der Waals surface area contributed by atoms with Gasteiger partial charge in [0.15, 0.2) is 16.7 Å². The lowest BCUT2D eigenvalue weighted by Gasteiger charge is -2.21. The highest BCUT2D eigenvalue weighted by Crippen LogP contribution is 2.34. The number of aromatic nitrogens is 3. The fraction of sp³-hybridized carbons (Fsp3) is 0.500. The Morgan fingerprint density at radius 2 is 2.10 bits per heavy atom. The average molecular weight is 429 g/mol. The van der Waals surface area contributed by atoms with E-state index in [2.05, 4.69) is 26.7 Å². The second-order valence-corrected chi connectivity index (χ2v) is 9.05. The number of benzene rings is 1. The van der Waals surface area contributed by atoms with Crippen LogP contribution in [0.15, 0.2) is 36.0 Å². The third-order valence-corrected chi connectivity index (χ3v) is 6.66. The lowest BCUT2D eigenvalue weighted by atomic mass is 9.89. The molecule has 1 N–H and O–H groups in total. The first-order chi connectivity index (χ1) is 14.7. The number of nitrogens with one attached hydrogen (secondary N) is 1. The summed E-state index contributed by atoms with van der Waals surface area (Å²) in [5, 5.41) is 12.4. The van der Waals surface area contributed by atoms with Gasteiger partial charge in [-0.25, -0.2) is 0 Å². The van der Waals surface area contributed by atoms with Gasteiger partial charge in [-0.15, -0.1) is 16.8 Å². The maximum Gasteiger partial charge on any atom is 0.233 e. The predicted octanol–water partition coefficient (Wildman–Crippen LogP) is 4.04. The molecule has 160 valence electrons. The van der Waals surface area contributed by atoms with Gasteiger partial charge in [0.05, 0.1) is 5.25 Å². The number of carbonyl (C=O) groups excluding carboxylic acids is 1. The standard InChI is InChI=1S/C22H28N4O3S/c1-3-11-26-20(17-7-5-4-6-8-17)24-25-22(26)30-15(2)21(27)23-13-16-9-10-18-19(12-16)29-14-28-18/h3,9-10,12,15,17H,1,4-8,11,13-14H2,2H3,(H,23,27)/t15-/m1/s1. The van der Waals surface area contributed by atoms with Crippen molar-refractivity contribution >= 4 is 17.7 Å². The van der Waals surface area contributed by atoms with Gasteiger partial charge in [0, 0.05) is 19.0 Å². The third kappa shape index (κ3) is 4.64. The van der Waals surface area contributed by atoms with Crippen LogP contribution in [0, 0.1) is 0 Å². The van der Waals surface area contributed by atoms with Crippen LogP contribution in [0.2, 0.25) is 0 Å². The molecule has 1 aromatic carbocycles. The molecule has 1 fully saturated rings. The molecular weight excluding hydrogens is 400 g/mol. The Balaban J connectivity index is 1.37. The first-order valence-corrected chi connectivity index (χ1v) is 11.4. The Hall–Kier alpha value is -2.48. The number of hydrogen-bond acceptors (Lipinski definition) is 6. The van der Waals surface area contributed by atoms with E-state index in [4.69, 9.17) is 9.47 Å². The van der Waals surface area contributed by atoms with Crippen LogP contribution >= 0.6 is 11.8 Å². The molecule has 0 unspecified atom stereocenters. The zero-order valence-corrected chi connectivity index (χ0v) is 18.1. The zero-order valence-electron chi connectivity index (χ0n) is 17.3. The summed E-state index contributed by atoms with van der Waals surface area (Å²) < 4.78 is 12.8. The van der Waals surface area contributed by atoms with Crippen LogP contribution in [-0.4, -0.2) is 32.7 Å². The highest BCUT2D eigenvalue weighted by molar-refractivity contribution is 8.00. The molecular formula is C22H28N4O3S. The van der Waals surface area contributed by atoms with Crippen LogP contribution in [0.5, 0.6) is 11.5 Å². The molecule has 1 amide bonds. The SMILES string of the molecule is C=CCn1c(S[C@H](C)C(=O)NCc2ccc3c(c2)OCO3)nnc1C1CCCCC1. The van der Waals surface area contributed by atoms with Crippen molar-refractivity contribution in [3.8, 4) is 11.5 Å². The molecule has 1 aromatic heterocycles. The van der Waals surface area contributed by atoms with Crippen LogP contribution in [-0.2, 0) is 17.9 Å². The number of ether oxygens (including phenoxy) is 2. The highest BCUT2D eigenvalue weighted by atomic mass is 32.2. The molecule has 1 aliphatic heterocycles. The van der Waals surface area contributed by atoms with Gasteiger partial charge in [0.1, 0.15) is 5.82 Å². The molecule has 8 heteroatoms. The summed E-state index contributed by atoms with van der Waals surface area (Å²) in [5.41, 5.74) is 0.971.